The van der Waals surface area contributed by atoms with Crippen molar-refractivity contribution in [2.45, 2.75) is 26.8 Å². The van der Waals surface area contributed by atoms with Crippen LogP contribution in [-0.2, 0) is 11.3 Å². The molecule has 0 saturated heterocycles. The van der Waals surface area contributed by atoms with Crippen molar-refractivity contribution < 1.29 is 14.4 Å². The molecule has 29 heavy (non-hydrogen) atoms. The molecule has 1 aromatic heterocycles. The minimum Gasteiger partial charge on any atom is -0.395 e. The summed E-state index contributed by atoms with van der Waals surface area (Å²) in [6, 6.07) is 7.04. The first kappa shape index (κ1) is 22.6. The summed E-state index contributed by atoms with van der Waals surface area (Å²) in [5.41, 5.74) is 11.5. The number of halogens is 1. The van der Waals surface area contributed by atoms with Gasteiger partial charge in [-0.05, 0) is 35.5 Å². The number of hydrogen-bond donors (Lipinski definition) is 3. The number of nitrogens with one attached hydrogen (secondary N) is 1. The normalized spacial score (nSPS) is 10.8. The molecule has 0 aliphatic carbocycles. The Morgan fingerprint density at radius 2 is 1.97 bits per heavy atom. The molecule has 0 radical (unpaired) electrons. The van der Waals surface area contributed by atoms with Gasteiger partial charge >= 0.3 is 0 Å². The van der Waals surface area contributed by atoms with E-state index < -0.39 is 11.8 Å². The molecule has 0 saturated carbocycles. The largest absolute Gasteiger partial charge is 0.395 e. The number of rotatable bonds is 9. The van der Waals surface area contributed by atoms with Gasteiger partial charge in [0.15, 0.2) is 5.69 Å². The molecule has 5 N–H and O–H groups in total. The molecule has 0 unspecified atom stereocenters. The van der Waals surface area contributed by atoms with Gasteiger partial charge in [0.2, 0.25) is 5.91 Å². The average Bonchev–Trinajstić information content (AvgIpc) is 3.03. The molecule has 1 heterocycles. The standard InChI is InChI=1S/C19H24ClN5O3S/c1-11(2)7-8-23-14(26)10-25(9-12-5-3-4-6-13(12)20)19(28)17-15(21)16(18(22)27)24-29-17/h3-6,11H,7-10,21H2,1-2H3,(H2,22,27)(H,23,26). The van der Waals surface area contributed by atoms with E-state index in [0.29, 0.717) is 23.0 Å². The molecule has 3 amide bonds. The Hall–Kier alpha value is -2.65. The summed E-state index contributed by atoms with van der Waals surface area (Å²) in [6.45, 7) is 4.54. The molecule has 8 nitrogen and oxygen atoms in total. The molecule has 0 aliphatic rings. The second-order valence-corrected chi connectivity index (χ2v) is 8.10. The van der Waals surface area contributed by atoms with Crippen LogP contribution in [0.1, 0.15) is 46.0 Å². The monoisotopic (exact) mass is 437 g/mol. The number of carbonyl (C=O) groups is 3. The summed E-state index contributed by atoms with van der Waals surface area (Å²) in [7, 11) is 0. The number of amides is 3. The summed E-state index contributed by atoms with van der Waals surface area (Å²) in [5, 5.41) is 3.28. The minimum atomic E-state index is -0.818. The predicted octanol–water partition coefficient (Wildman–Crippen LogP) is 2.28. The van der Waals surface area contributed by atoms with Gasteiger partial charge in [0.1, 0.15) is 11.4 Å². The van der Waals surface area contributed by atoms with Crippen LogP contribution in [0.2, 0.25) is 5.02 Å². The van der Waals surface area contributed by atoms with Crippen LogP contribution >= 0.6 is 23.1 Å². The lowest BCUT2D eigenvalue weighted by molar-refractivity contribution is -0.121. The molecule has 156 valence electrons. The molecule has 0 fully saturated rings. The number of nitrogens with two attached hydrogens (primary N) is 2. The number of primary amides is 1. The van der Waals surface area contributed by atoms with Crippen molar-refractivity contribution >= 4 is 46.5 Å². The Kier molecular flexibility index (Phi) is 7.98. The summed E-state index contributed by atoms with van der Waals surface area (Å²) in [4.78, 5) is 38.2. The van der Waals surface area contributed by atoms with E-state index in [2.05, 4.69) is 23.5 Å². The molecule has 1 aromatic carbocycles. The van der Waals surface area contributed by atoms with Gasteiger partial charge in [0.25, 0.3) is 11.8 Å². The van der Waals surface area contributed by atoms with E-state index in [-0.39, 0.29) is 35.3 Å². The lowest BCUT2D eigenvalue weighted by Gasteiger charge is -2.22. The first-order chi connectivity index (χ1) is 13.7. The van der Waals surface area contributed by atoms with E-state index in [1.807, 2.05) is 0 Å². The molecule has 10 heteroatoms. The Balaban J connectivity index is 2.24. The van der Waals surface area contributed by atoms with Gasteiger partial charge in [0, 0.05) is 18.1 Å². The van der Waals surface area contributed by atoms with Gasteiger partial charge in [-0.15, -0.1) is 0 Å². The predicted molar refractivity (Wildman–Crippen MR) is 114 cm³/mol. The fraction of sp³-hybridized carbons (Fsp3) is 0.368. The van der Waals surface area contributed by atoms with Crippen LogP contribution in [-0.4, -0.2) is 40.1 Å². The summed E-state index contributed by atoms with van der Waals surface area (Å²) in [6.07, 6.45) is 0.827. The minimum absolute atomic E-state index is 0.0563. The third-order valence-corrected chi connectivity index (χ3v) is 5.36. The van der Waals surface area contributed by atoms with Crippen molar-refractivity contribution in [3.8, 4) is 0 Å². The highest BCUT2D eigenvalue weighted by molar-refractivity contribution is 7.09. The van der Waals surface area contributed by atoms with Crippen molar-refractivity contribution in [1.29, 1.82) is 0 Å². The van der Waals surface area contributed by atoms with E-state index in [9.17, 15) is 14.4 Å². The number of aromatic nitrogens is 1. The van der Waals surface area contributed by atoms with E-state index in [4.69, 9.17) is 23.1 Å². The third kappa shape index (κ3) is 6.16. The average molecular weight is 438 g/mol. The van der Waals surface area contributed by atoms with E-state index in [0.717, 1.165) is 18.0 Å². The topological polar surface area (TPSA) is 131 Å². The first-order valence-electron chi connectivity index (χ1n) is 9.05. The second kappa shape index (κ2) is 10.2. The summed E-state index contributed by atoms with van der Waals surface area (Å²) < 4.78 is 3.86. The van der Waals surface area contributed by atoms with Crippen molar-refractivity contribution in [2.75, 3.05) is 18.8 Å². The second-order valence-electron chi connectivity index (χ2n) is 6.92. The maximum absolute atomic E-state index is 13.1. The van der Waals surface area contributed by atoms with Gasteiger partial charge in [-0.25, -0.2) is 0 Å². The number of nitrogen functional groups attached to an aromatic ring is 1. The fourth-order valence-electron chi connectivity index (χ4n) is 2.53. The Labute approximate surface area is 178 Å². The zero-order valence-electron chi connectivity index (χ0n) is 16.3. The lowest BCUT2D eigenvalue weighted by atomic mass is 10.1. The highest BCUT2D eigenvalue weighted by Crippen LogP contribution is 2.25. The number of benzene rings is 1. The Morgan fingerprint density at radius 3 is 2.55 bits per heavy atom. The van der Waals surface area contributed by atoms with Crippen LogP contribution in [0.3, 0.4) is 0 Å². The SMILES string of the molecule is CC(C)CCNC(=O)CN(Cc1ccccc1Cl)C(=O)c1snc(C(N)=O)c1N. The maximum atomic E-state index is 13.1. The molecule has 0 spiro atoms. The van der Waals surface area contributed by atoms with Gasteiger partial charge in [-0.1, -0.05) is 43.6 Å². The van der Waals surface area contributed by atoms with Crippen LogP contribution in [0.25, 0.3) is 0 Å². The molecular formula is C19H24ClN5O3S. The van der Waals surface area contributed by atoms with Crippen molar-refractivity contribution in [1.82, 2.24) is 14.6 Å². The van der Waals surface area contributed by atoms with E-state index in [1.165, 1.54) is 4.90 Å². The molecule has 0 aliphatic heterocycles. The smallest absolute Gasteiger partial charge is 0.270 e. The third-order valence-electron chi connectivity index (χ3n) is 4.14. The summed E-state index contributed by atoms with van der Waals surface area (Å²) in [5.74, 6) is -1.20. The zero-order valence-corrected chi connectivity index (χ0v) is 17.8. The van der Waals surface area contributed by atoms with E-state index in [1.54, 1.807) is 24.3 Å². The molecule has 2 aromatic rings. The van der Waals surface area contributed by atoms with Crippen LogP contribution < -0.4 is 16.8 Å². The van der Waals surface area contributed by atoms with Gasteiger partial charge in [0.05, 0.1) is 5.69 Å². The number of nitrogens with zero attached hydrogens (tertiary/aromatic N) is 2. The van der Waals surface area contributed by atoms with Crippen LogP contribution in [0.4, 0.5) is 5.69 Å². The Morgan fingerprint density at radius 1 is 1.28 bits per heavy atom. The Bertz CT molecular complexity index is 900. The first-order valence-corrected chi connectivity index (χ1v) is 10.2. The number of carbonyl (C=O) groups excluding carboxylic acids is 3. The zero-order chi connectivity index (χ0) is 21.6. The van der Waals surface area contributed by atoms with Crippen LogP contribution in [0, 0.1) is 5.92 Å². The molecular weight excluding hydrogens is 414 g/mol. The van der Waals surface area contributed by atoms with Gasteiger partial charge in [-0.2, -0.15) is 4.37 Å². The number of anilines is 1. The van der Waals surface area contributed by atoms with Gasteiger partial charge in [-0.3, -0.25) is 14.4 Å². The van der Waals surface area contributed by atoms with Crippen molar-refractivity contribution in [2.24, 2.45) is 11.7 Å². The van der Waals surface area contributed by atoms with Crippen molar-refractivity contribution in [3.05, 3.63) is 45.4 Å². The number of hydrogen-bond acceptors (Lipinski definition) is 6. The highest BCUT2D eigenvalue weighted by Gasteiger charge is 2.26. The lowest BCUT2D eigenvalue weighted by Crippen LogP contribution is -2.40. The maximum Gasteiger partial charge on any atom is 0.270 e. The molecule has 2 rings (SSSR count). The molecule has 0 atom stereocenters. The highest BCUT2D eigenvalue weighted by atomic mass is 35.5. The quantitative estimate of drug-likeness (QED) is 0.553. The van der Waals surface area contributed by atoms with E-state index >= 15 is 0 Å². The summed E-state index contributed by atoms with van der Waals surface area (Å²) >= 11 is 6.99. The van der Waals surface area contributed by atoms with Crippen LogP contribution in [0.5, 0.6) is 0 Å². The van der Waals surface area contributed by atoms with Crippen LogP contribution in [0.15, 0.2) is 24.3 Å². The fourth-order valence-corrected chi connectivity index (χ4v) is 3.50. The van der Waals surface area contributed by atoms with Crippen molar-refractivity contribution in [3.63, 3.8) is 0 Å². The van der Waals surface area contributed by atoms with Gasteiger partial charge < -0.3 is 21.7 Å². The molecule has 0 bridgehead atoms.